The molecule has 3 nitrogen and oxygen atoms in total. The second kappa shape index (κ2) is 7.14. The minimum atomic E-state index is -1.12. The lowest BCUT2D eigenvalue weighted by molar-refractivity contribution is 0.504. The van der Waals surface area contributed by atoms with Crippen LogP contribution in [0, 0.1) is 6.92 Å². The highest BCUT2D eigenvalue weighted by molar-refractivity contribution is 7.85. The fourth-order valence-corrected chi connectivity index (χ4v) is 4.01. The second-order valence-electron chi connectivity index (χ2n) is 5.96. The standard InChI is InChI=1S/C20H21NO2S/c1-14-8-7-11-18(12-14)15(2)24(22)16(3)20-21-13-19(23-20)17-9-5-4-6-10-17/h4-13,15-16H,1-3H3. The van der Waals surface area contributed by atoms with Gasteiger partial charge in [-0.3, -0.25) is 4.21 Å². The van der Waals surface area contributed by atoms with E-state index in [9.17, 15) is 4.21 Å². The Hall–Kier alpha value is -2.20. The topological polar surface area (TPSA) is 43.1 Å². The van der Waals surface area contributed by atoms with E-state index in [1.165, 1.54) is 5.56 Å². The maximum atomic E-state index is 12.9. The monoisotopic (exact) mass is 339 g/mol. The Balaban J connectivity index is 1.80. The smallest absolute Gasteiger partial charge is 0.210 e. The molecule has 0 saturated heterocycles. The van der Waals surface area contributed by atoms with Crippen molar-refractivity contribution in [2.24, 2.45) is 0 Å². The summed E-state index contributed by atoms with van der Waals surface area (Å²) in [7, 11) is -1.12. The van der Waals surface area contributed by atoms with Crippen LogP contribution in [0.1, 0.15) is 41.4 Å². The van der Waals surface area contributed by atoms with Gasteiger partial charge in [-0.25, -0.2) is 4.98 Å². The summed E-state index contributed by atoms with van der Waals surface area (Å²) in [6.45, 7) is 5.94. The zero-order valence-corrected chi connectivity index (χ0v) is 14.9. The van der Waals surface area contributed by atoms with Crippen LogP contribution in [0.4, 0.5) is 0 Å². The molecule has 3 unspecified atom stereocenters. The predicted octanol–water partition coefficient (Wildman–Crippen LogP) is 5.22. The SMILES string of the molecule is Cc1cccc(C(C)S(=O)C(C)c2ncc(-c3ccccc3)o2)c1. The van der Waals surface area contributed by atoms with Gasteiger partial charge in [-0.1, -0.05) is 60.2 Å². The minimum Gasteiger partial charge on any atom is -0.439 e. The summed E-state index contributed by atoms with van der Waals surface area (Å²) in [6, 6.07) is 18.0. The lowest BCUT2D eigenvalue weighted by Gasteiger charge is -2.16. The normalized spacial score (nSPS) is 15.0. The van der Waals surface area contributed by atoms with Gasteiger partial charge in [0.15, 0.2) is 5.76 Å². The summed E-state index contributed by atoms with van der Waals surface area (Å²) in [4.78, 5) is 4.35. The van der Waals surface area contributed by atoms with E-state index in [1.807, 2.05) is 69.3 Å². The van der Waals surface area contributed by atoms with Gasteiger partial charge in [-0.15, -0.1) is 0 Å². The zero-order chi connectivity index (χ0) is 17.1. The molecule has 0 aliphatic carbocycles. The van der Waals surface area contributed by atoms with Crippen molar-refractivity contribution in [2.45, 2.75) is 31.3 Å². The summed E-state index contributed by atoms with van der Waals surface area (Å²) >= 11 is 0. The molecular weight excluding hydrogens is 318 g/mol. The third kappa shape index (κ3) is 3.49. The van der Waals surface area contributed by atoms with Crippen LogP contribution >= 0.6 is 0 Å². The maximum absolute atomic E-state index is 12.9. The first-order valence-corrected chi connectivity index (χ1v) is 9.31. The van der Waals surface area contributed by atoms with E-state index in [-0.39, 0.29) is 10.5 Å². The van der Waals surface area contributed by atoms with Crippen molar-refractivity contribution in [3.05, 3.63) is 77.8 Å². The first kappa shape index (κ1) is 16.7. The van der Waals surface area contributed by atoms with Gasteiger partial charge in [-0.2, -0.15) is 0 Å². The van der Waals surface area contributed by atoms with Gasteiger partial charge in [0.2, 0.25) is 5.89 Å². The molecule has 2 aromatic carbocycles. The fourth-order valence-electron chi connectivity index (χ4n) is 2.67. The molecule has 4 heteroatoms. The molecule has 0 N–H and O–H groups in total. The molecule has 1 heterocycles. The van der Waals surface area contributed by atoms with Gasteiger partial charge in [-0.05, 0) is 26.3 Å². The molecule has 0 aliphatic heterocycles. The van der Waals surface area contributed by atoms with Crippen LogP contribution in [0.15, 0.2) is 65.2 Å². The average Bonchev–Trinajstić information content (AvgIpc) is 3.10. The van der Waals surface area contributed by atoms with Crippen molar-refractivity contribution in [3.8, 4) is 11.3 Å². The van der Waals surface area contributed by atoms with E-state index in [0.29, 0.717) is 11.7 Å². The number of aryl methyl sites for hydroxylation is 1. The molecular formula is C20H21NO2S. The van der Waals surface area contributed by atoms with Gasteiger partial charge in [0.25, 0.3) is 0 Å². The molecule has 0 radical (unpaired) electrons. The zero-order valence-electron chi connectivity index (χ0n) is 14.1. The third-order valence-electron chi connectivity index (χ3n) is 4.14. The Morgan fingerprint density at radius 1 is 1.00 bits per heavy atom. The number of hydrogen-bond donors (Lipinski definition) is 0. The van der Waals surface area contributed by atoms with Crippen LogP contribution in [-0.2, 0) is 10.8 Å². The van der Waals surface area contributed by atoms with E-state index in [4.69, 9.17) is 4.42 Å². The van der Waals surface area contributed by atoms with Crippen molar-refractivity contribution in [3.63, 3.8) is 0 Å². The first-order chi connectivity index (χ1) is 11.6. The van der Waals surface area contributed by atoms with Crippen LogP contribution in [0.2, 0.25) is 0 Å². The van der Waals surface area contributed by atoms with Gasteiger partial charge in [0, 0.05) is 16.4 Å². The van der Waals surface area contributed by atoms with Crippen molar-refractivity contribution in [1.29, 1.82) is 0 Å². The highest BCUT2D eigenvalue weighted by atomic mass is 32.2. The fraction of sp³-hybridized carbons (Fsp3) is 0.250. The van der Waals surface area contributed by atoms with Crippen LogP contribution in [0.3, 0.4) is 0 Å². The van der Waals surface area contributed by atoms with Crippen LogP contribution in [0.5, 0.6) is 0 Å². The average molecular weight is 339 g/mol. The van der Waals surface area contributed by atoms with Gasteiger partial charge in [0.05, 0.1) is 11.4 Å². The molecule has 0 spiro atoms. The summed E-state index contributed by atoms with van der Waals surface area (Å²) in [5.41, 5.74) is 3.22. The van der Waals surface area contributed by atoms with Gasteiger partial charge < -0.3 is 4.42 Å². The maximum Gasteiger partial charge on any atom is 0.210 e. The largest absolute Gasteiger partial charge is 0.439 e. The molecule has 0 fully saturated rings. The molecule has 0 saturated carbocycles. The van der Waals surface area contributed by atoms with Crippen molar-refractivity contribution in [1.82, 2.24) is 4.98 Å². The van der Waals surface area contributed by atoms with Crippen molar-refractivity contribution in [2.75, 3.05) is 0 Å². The van der Waals surface area contributed by atoms with Gasteiger partial charge >= 0.3 is 0 Å². The molecule has 24 heavy (non-hydrogen) atoms. The van der Waals surface area contributed by atoms with Crippen LogP contribution < -0.4 is 0 Å². The summed E-state index contributed by atoms with van der Waals surface area (Å²) < 4.78 is 18.8. The summed E-state index contributed by atoms with van der Waals surface area (Å²) in [5, 5.41) is -0.343. The number of hydrogen-bond acceptors (Lipinski definition) is 3. The molecule has 0 amide bonds. The van der Waals surface area contributed by atoms with E-state index in [2.05, 4.69) is 11.1 Å². The Morgan fingerprint density at radius 3 is 2.46 bits per heavy atom. The van der Waals surface area contributed by atoms with Crippen molar-refractivity contribution >= 4 is 10.8 Å². The quantitative estimate of drug-likeness (QED) is 0.640. The number of aromatic nitrogens is 1. The van der Waals surface area contributed by atoms with E-state index in [1.54, 1.807) is 6.20 Å². The van der Waals surface area contributed by atoms with E-state index in [0.717, 1.165) is 11.1 Å². The number of oxazole rings is 1. The highest BCUT2D eigenvalue weighted by Gasteiger charge is 2.25. The van der Waals surface area contributed by atoms with E-state index < -0.39 is 10.8 Å². The minimum absolute atomic E-state index is 0.0769. The van der Waals surface area contributed by atoms with Crippen LogP contribution in [-0.4, -0.2) is 9.19 Å². The highest BCUT2D eigenvalue weighted by Crippen LogP contribution is 2.31. The van der Waals surface area contributed by atoms with Gasteiger partial charge in [0.1, 0.15) is 5.25 Å². The molecule has 124 valence electrons. The molecule has 0 bridgehead atoms. The molecule has 1 aromatic heterocycles. The summed E-state index contributed by atoms with van der Waals surface area (Å²) in [5.74, 6) is 1.23. The predicted molar refractivity (Wildman–Crippen MR) is 98.1 cm³/mol. The molecule has 3 rings (SSSR count). The Morgan fingerprint density at radius 2 is 1.75 bits per heavy atom. The van der Waals surface area contributed by atoms with Crippen molar-refractivity contribution < 1.29 is 8.63 Å². The number of nitrogens with zero attached hydrogens (tertiary/aromatic N) is 1. The lowest BCUT2D eigenvalue weighted by atomic mass is 10.1. The Bertz CT molecular complexity index is 842. The second-order valence-corrected chi connectivity index (χ2v) is 8.03. The van der Waals surface area contributed by atoms with E-state index >= 15 is 0 Å². The third-order valence-corrected chi connectivity index (χ3v) is 6.01. The molecule has 3 atom stereocenters. The lowest BCUT2D eigenvalue weighted by Crippen LogP contribution is -2.10. The summed E-state index contributed by atoms with van der Waals surface area (Å²) in [6.07, 6.45) is 1.70. The Labute approximate surface area is 145 Å². The molecule has 3 aromatic rings. The molecule has 0 aliphatic rings. The van der Waals surface area contributed by atoms with Crippen LogP contribution in [0.25, 0.3) is 11.3 Å². The number of rotatable bonds is 5. The first-order valence-electron chi connectivity index (χ1n) is 8.03. The number of benzene rings is 2. The Kier molecular flexibility index (Phi) is 4.95.